The number of hydrogen-bond donors (Lipinski definition) is 1. The van der Waals surface area contributed by atoms with Gasteiger partial charge in [0.05, 0.1) is 15.6 Å². The molecule has 2 aliphatic heterocycles. The fraction of sp³-hybridized carbons (Fsp3) is 0.367. The van der Waals surface area contributed by atoms with Crippen LogP contribution in [0.25, 0.3) is 26.1 Å². The minimum Gasteiger partial charge on any atom is -0.352 e. The standard InChI is InChI=1S/C30H31FN8O2S/c1-36-13-4-6-19(36)9-12-32-28(41)24-25(40)20-18-21(31)27(37-14-16-38(17-15-37)30-33-10-5-11-34-30)35-26(20)39-22-7-2-3-8-23(22)42-29(24)39/h2-3,5,7-8,10-11,18-19H,4,6,9,12-17H2,1H3,(H,32,41). The van der Waals surface area contributed by atoms with Crippen molar-refractivity contribution in [2.75, 3.05) is 56.1 Å². The van der Waals surface area contributed by atoms with Crippen LogP contribution in [0.3, 0.4) is 0 Å². The average molecular weight is 587 g/mol. The molecule has 1 unspecified atom stereocenters. The van der Waals surface area contributed by atoms with Gasteiger partial charge in [0, 0.05) is 51.2 Å². The van der Waals surface area contributed by atoms with Crippen LogP contribution in [0.5, 0.6) is 0 Å². The summed E-state index contributed by atoms with van der Waals surface area (Å²) in [6.07, 6.45) is 6.48. The molecule has 2 saturated heterocycles. The van der Waals surface area contributed by atoms with Crippen LogP contribution in [0.4, 0.5) is 16.2 Å². The Labute approximate surface area is 245 Å². The summed E-state index contributed by atoms with van der Waals surface area (Å²) in [5.74, 6) is -0.185. The van der Waals surface area contributed by atoms with Crippen molar-refractivity contribution in [2.45, 2.75) is 25.3 Å². The lowest BCUT2D eigenvalue weighted by Crippen LogP contribution is -2.47. The van der Waals surface area contributed by atoms with Crippen molar-refractivity contribution in [1.29, 1.82) is 0 Å². The Hall–Kier alpha value is -4.16. The summed E-state index contributed by atoms with van der Waals surface area (Å²) in [6, 6.07) is 11.2. The van der Waals surface area contributed by atoms with Gasteiger partial charge in [-0.25, -0.2) is 19.3 Å². The average Bonchev–Trinajstić information content (AvgIpc) is 3.60. The topological polar surface area (TPSA) is 99.0 Å². The number of rotatable bonds is 6. The Morgan fingerprint density at radius 3 is 2.60 bits per heavy atom. The number of anilines is 2. The number of pyridine rings is 2. The molecule has 1 aromatic carbocycles. The van der Waals surface area contributed by atoms with Crippen molar-refractivity contribution < 1.29 is 9.18 Å². The lowest BCUT2D eigenvalue weighted by molar-refractivity contribution is 0.0951. The van der Waals surface area contributed by atoms with Gasteiger partial charge in [0.15, 0.2) is 17.3 Å². The van der Waals surface area contributed by atoms with Gasteiger partial charge >= 0.3 is 0 Å². The summed E-state index contributed by atoms with van der Waals surface area (Å²) >= 11 is 1.37. The molecule has 10 nitrogen and oxygen atoms in total. The van der Waals surface area contributed by atoms with Crippen LogP contribution >= 0.6 is 11.3 Å². The molecule has 2 aliphatic rings. The van der Waals surface area contributed by atoms with E-state index >= 15 is 4.39 Å². The number of para-hydroxylation sites is 1. The monoisotopic (exact) mass is 586 g/mol. The number of carbonyl (C=O) groups excluding carboxylic acids is 1. The van der Waals surface area contributed by atoms with Gasteiger partial charge in [-0.05, 0) is 57.1 Å². The fourth-order valence-corrected chi connectivity index (χ4v) is 7.36. The number of aromatic nitrogens is 4. The number of amides is 1. The number of hydrogen-bond acceptors (Lipinski definition) is 9. The van der Waals surface area contributed by atoms with Crippen LogP contribution in [0.15, 0.2) is 53.6 Å². The first-order valence-electron chi connectivity index (χ1n) is 14.3. The summed E-state index contributed by atoms with van der Waals surface area (Å²) in [6.45, 7) is 3.78. The van der Waals surface area contributed by atoms with Crippen LogP contribution in [0.2, 0.25) is 0 Å². The SMILES string of the molecule is CN1CCCC1CCNC(=O)c1c(=O)c2cc(F)c(N3CCN(c4ncccn4)CC3)nc2n2c1sc1ccccc12. The number of likely N-dealkylation sites (tertiary alicyclic amines) is 1. The summed E-state index contributed by atoms with van der Waals surface area (Å²) in [5.41, 5.74) is 0.701. The Balaban J connectivity index is 1.26. The van der Waals surface area contributed by atoms with E-state index in [1.165, 1.54) is 17.4 Å². The van der Waals surface area contributed by atoms with E-state index in [0.717, 1.165) is 36.0 Å². The highest BCUT2D eigenvalue weighted by molar-refractivity contribution is 7.24. The Kier molecular flexibility index (Phi) is 6.95. The second-order valence-corrected chi connectivity index (χ2v) is 12.0. The van der Waals surface area contributed by atoms with Gasteiger partial charge in [-0.15, -0.1) is 11.3 Å². The molecule has 1 N–H and O–H groups in total. The van der Waals surface area contributed by atoms with Crippen LogP contribution in [0, 0.1) is 5.82 Å². The second kappa shape index (κ2) is 10.9. The molecular formula is C30H31FN8O2S. The molecule has 216 valence electrons. The first-order chi connectivity index (χ1) is 20.5. The quantitative estimate of drug-likeness (QED) is 0.323. The van der Waals surface area contributed by atoms with E-state index in [9.17, 15) is 9.59 Å². The first kappa shape index (κ1) is 26.7. The number of carbonyl (C=O) groups is 1. The van der Waals surface area contributed by atoms with Crippen molar-refractivity contribution in [3.63, 3.8) is 0 Å². The Morgan fingerprint density at radius 2 is 1.83 bits per heavy atom. The predicted octanol–water partition coefficient (Wildman–Crippen LogP) is 3.53. The lowest BCUT2D eigenvalue weighted by atomic mass is 10.1. The number of nitrogens with one attached hydrogen (secondary N) is 1. The van der Waals surface area contributed by atoms with Crippen LogP contribution in [-0.2, 0) is 0 Å². The first-order valence-corrected chi connectivity index (χ1v) is 15.1. The van der Waals surface area contributed by atoms with Crippen molar-refractivity contribution >= 4 is 55.1 Å². The second-order valence-electron chi connectivity index (χ2n) is 10.9. The van der Waals surface area contributed by atoms with Gasteiger partial charge in [0.2, 0.25) is 11.4 Å². The molecule has 6 heterocycles. The predicted molar refractivity (Wildman–Crippen MR) is 163 cm³/mol. The molecule has 42 heavy (non-hydrogen) atoms. The number of thiazole rings is 1. The zero-order chi connectivity index (χ0) is 28.8. The number of piperazine rings is 1. The largest absolute Gasteiger partial charge is 0.352 e. The zero-order valence-corrected chi connectivity index (χ0v) is 24.1. The molecule has 2 fully saturated rings. The van der Waals surface area contributed by atoms with Gasteiger partial charge in [-0.1, -0.05) is 12.1 Å². The molecule has 1 amide bonds. The van der Waals surface area contributed by atoms with Crippen molar-refractivity contribution in [1.82, 2.24) is 29.6 Å². The van der Waals surface area contributed by atoms with E-state index < -0.39 is 17.2 Å². The molecule has 12 heteroatoms. The van der Waals surface area contributed by atoms with Crippen LogP contribution in [-0.4, -0.2) is 82.5 Å². The molecule has 0 bridgehead atoms. The third-order valence-electron chi connectivity index (χ3n) is 8.43. The molecular weight excluding hydrogens is 555 g/mol. The molecule has 1 atom stereocenters. The van der Waals surface area contributed by atoms with E-state index in [4.69, 9.17) is 4.98 Å². The zero-order valence-electron chi connectivity index (χ0n) is 23.3. The van der Waals surface area contributed by atoms with Crippen molar-refractivity contribution in [2.24, 2.45) is 0 Å². The van der Waals surface area contributed by atoms with Crippen LogP contribution < -0.4 is 20.5 Å². The molecule has 5 aromatic rings. The summed E-state index contributed by atoms with van der Waals surface area (Å²) in [7, 11) is 2.10. The molecule has 0 saturated carbocycles. The van der Waals surface area contributed by atoms with Gasteiger partial charge in [-0.2, -0.15) is 0 Å². The maximum Gasteiger partial charge on any atom is 0.258 e. The lowest BCUT2D eigenvalue weighted by Gasteiger charge is -2.35. The van der Waals surface area contributed by atoms with Crippen molar-refractivity contribution in [3.05, 3.63) is 70.4 Å². The summed E-state index contributed by atoms with van der Waals surface area (Å²) < 4.78 is 18.4. The highest BCUT2D eigenvalue weighted by Crippen LogP contribution is 2.32. The molecule has 0 radical (unpaired) electrons. The fourth-order valence-electron chi connectivity index (χ4n) is 6.18. The number of nitrogens with zero attached hydrogens (tertiary/aromatic N) is 7. The highest BCUT2D eigenvalue weighted by Gasteiger charge is 2.27. The Morgan fingerprint density at radius 1 is 1.07 bits per heavy atom. The van der Waals surface area contributed by atoms with E-state index in [-0.39, 0.29) is 16.8 Å². The normalized spacial score (nSPS) is 18.0. The third kappa shape index (κ3) is 4.64. The van der Waals surface area contributed by atoms with Gasteiger partial charge in [-0.3, -0.25) is 14.0 Å². The van der Waals surface area contributed by atoms with Crippen LogP contribution in [0.1, 0.15) is 29.6 Å². The molecule has 7 rings (SSSR count). The Bertz CT molecular complexity index is 1850. The minimum atomic E-state index is -0.584. The van der Waals surface area contributed by atoms with Gasteiger partial charge < -0.3 is 20.0 Å². The molecule has 0 spiro atoms. The number of halogens is 1. The van der Waals surface area contributed by atoms with Gasteiger partial charge in [0.25, 0.3) is 5.91 Å². The number of fused-ring (bicyclic) bond motifs is 5. The summed E-state index contributed by atoms with van der Waals surface area (Å²) in [4.78, 5) is 47.6. The van der Waals surface area contributed by atoms with Crippen molar-refractivity contribution in [3.8, 4) is 0 Å². The number of benzene rings is 1. The maximum absolute atomic E-state index is 15.7. The third-order valence-corrected chi connectivity index (χ3v) is 9.57. The smallest absolute Gasteiger partial charge is 0.258 e. The molecule has 0 aliphatic carbocycles. The maximum atomic E-state index is 15.7. The van der Waals surface area contributed by atoms with E-state index in [2.05, 4.69) is 32.1 Å². The summed E-state index contributed by atoms with van der Waals surface area (Å²) in [5, 5.41) is 3.07. The van der Waals surface area contributed by atoms with E-state index in [1.807, 2.05) is 33.6 Å². The van der Waals surface area contributed by atoms with E-state index in [0.29, 0.717) is 55.2 Å². The molecule has 4 aromatic heterocycles. The highest BCUT2D eigenvalue weighted by atomic mass is 32.1. The minimum absolute atomic E-state index is 0.0360. The van der Waals surface area contributed by atoms with E-state index in [1.54, 1.807) is 18.5 Å². The van der Waals surface area contributed by atoms with Gasteiger partial charge in [0.1, 0.15) is 10.4 Å².